The van der Waals surface area contributed by atoms with Gasteiger partial charge in [-0.15, -0.1) is 0 Å². The van der Waals surface area contributed by atoms with Gasteiger partial charge in [0, 0.05) is 41.1 Å². The van der Waals surface area contributed by atoms with E-state index in [1.54, 1.807) is 18.7 Å². The summed E-state index contributed by atoms with van der Waals surface area (Å²) >= 11 is 6.04. The van der Waals surface area contributed by atoms with Gasteiger partial charge in [-0.3, -0.25) is 9.78 Å². The highest BCUT2D eigenvalue weighted by atomic mass is 35.5. The van der Waals surface area contributed by atoms with Crippen molar-refractivity contribution in [2.75, 3.05) is 20.1 Å². The van der Waals surface area contributed by atoms with Gasteiger partial charge in [0.1, 0.15) is 6.54 Å². The number of hydrogen-bond donors (Lipinski definition) is 1. The number of hydrogen-bond acceptors (Lipinski definition) is 4. The summed E-state index contributed by atoms with van der Waals surface area (Å²) in [7, 11) is 2.09. The standard InChI is InChI=1S/C22H24ClN5O/c1-27-12-2-3-19(13-27)26-20(29)14-28-15-25-21(16-4-6-18(23)7-5-16)22(28)17-8-10-24-11-9-17/h4-11,15,19H,2-3,12-14H2,1H3,(H,26,29)/t19-/m1/s1. The molecule has 1 aliphatic heterocycles. The summed E-state index contributed by atoms with van der Waals surface area (Å²) in [5, 5.41) is 3.85. The van der Waals surface area contributed by atoms with E-state index in [1.165, 1.54) is 0 Å². The van der Waals surface area contributed by atoms with Gasteiger partial charge in [-0.25, -0.2) is 4.98 Å². The first-order valence-electron chi connectivity index (χ1n) is 9.79. The quantitative estimate of drug-likeness (QED) is 0.700. The lowest BCUT2D eigenvalue weighted by Crippen LogP contribution is -2.47. The van der Waals surface area contributed by atoms with E-state index < -0.39 is 0 Å². The van der Waals surface area contributed by atoms with Crippen LogP contribution in [0.2, 0.25) is 5.02 Å². The van der Waals surface area contributed by atoms with Gasteiger partial charge < -0.3 is 14.8 Å². The maximum Gasteiger partial charge on any atom is 0.240 e. The van der Waals surface area contributed by atoms with Gasteiger partial charge >= 0.3 is 0 Å². The number of imidazole rings is 1. The zero-order valence-electron chi connectivity index (χ0n) is 16.4. The Balaban J connectivity index is 1.61. The number of pyridine rings is 1. The number of piperidine rings is 1. The number of aromatic nitrogens is 3. The second-order valence-corrected chi connectivity index (χ2v) is 7.92. The summed E-state index contributed by atoms with van der Waals surface area (Å²) in [6.45, 7) is 2.20. The molecule has 2 aromatic heterocycles. The highest BCUT2D eigenvalue weighted by Gasteiger charge is 2.21. The third kappa shape index (κ3) is 4.66. The normalized spacial score (nSPS) is 17.2. The van der Waals surface area contributed by atoms with Crippen LogP contribution < -0.4 is 5.32 Å². The van der Waals surface area contributed by atoms with E-state index in [-0.39, 0.29) is 18.5 Å². The lowest BCUT2D eigenvalue weighted by Gasteiger charge is -2.30. The number of amides is 1. The number of carbonyl (C=O) groups is 1. The molecule has 0 radical (unpaired) electrons. The SMILES string of the molecule is CN1CCC[C@@H](NC(=O)Cn2cnc(-c3ccc(Cl)cc3)c2-c2ccncc2)C1. The largest absolute Gasteiger partial charge is 0.351 e. The fourth-order valence-corrected chi connectivity index (χ4v) is 3.97. The van der Waals surface area contributed by atoms with Crippen LogP contribution in [-0.2, 0) is 11.3 Å². The summed E-state index contributed by atoms with van der Waals surface area (Å²) in [6.07, 6.45) is 7.35. The summed E-state index contributed by atoms with van der Waals surface area (Å²) < 4.78 is 1.90. The van der Waals surface area contributed by atoms with Gasteiger partial charge in [0.25, 0.3) is 0 Å². The van der Waals surface area contributed by atoms with Gasteiger partial charge in [-0.05, 0) is 50.7 Å². The Morgan fingerprint density at radius 2 is 1.93 bits per heavy atom. The molecule has 0 unspecified atom stereocenters. The van der Waals surface area contributed by atoms with E-state index in [4.69, 9.17) is 11.6 Å². The smallest absolute Gasteiger partial charge is 0.240 e. The Kier molecular flexibility index (Phi) is 5.92. The molecule has 1 amide bonds. The van der Waals surface area contributed by atoms with Gasteiger partial charge in [-0.2, -0.15) is 0 Å². The van der Waals surface area contributed by atoms with Crippen molar-refractivity contribution in [2.45, 2.75) is 25.4 Å². The second kappa shape index (κ2) is 8.76. The highest BCUT2D eigenvalue weighted by Crippen LogP contribution is 2.31. The average molecular weight is 410 g/mol. The number of rotatable bonds is 5. The maximum atomic E-state index is 12.8. The minimum absolute atomic E-state index is 0.000613. The summed E-state index contributed by atoms with van der Waals surface area (Å²) in [6, 6.07) is 11.6. The summed E-state index contributed by atoms with van der Waals surface area (Å²) in [5.41, 5.74) is 3.63. The molecule has 1 aliphatic rings. The van der Waals surface area contributed by atoms with Crippen LogP contribution >= 0.6 is 11.6 Å². The predicted octanol–water partition coefficient (Wildman–Crippen LogP) is 3.48. The topological polar surface area (TPSA) is 63.1 Å². The van der Waals surface area contributed by atoms with Crippen LogP contribution in [-0.4, -0.2) is 51.5 Å². The zero-order valence-corrected chi connectivity index (χ0v) is 17.1. The first-order valence-corrected chi connectivity index (χ1v) is 10.2. The van der Waals surface area contributed by atoms with Crippen molar-refractivity contribution in [2.24, 2.45) is 0 Å². The molecule has 1 saturated heterocycles. The number of likely N-dealkylation sites (tertiary alicyclic amines) is 1. The highest BCUT2D eigenvalue weighted by molar-refractivity contribution is 6.30. The van der Waals surface area contributed by atoms with E-state index in [0.29, 0.717) is 5.02 Å². The van der Waals surface area contributed by atoms with Gasteiger partial charge in [-0.1, -0.05) is 23.7 Å². The molecule has 7 heteroatoms. The van der Waals surface area contributed by atoms with Gasteiger partial charge in [0.2, 0.25) is 5.91 Å². The van der Waals surface area contributed by atoms with Crippen molar-refractivity contribution in [3.8, 4) is 22.5 Å². The van der Waals surface area contributed by atoms with Crippen molar-refractivity contribution in [3.63, 3.8) is 0 Å². The Morgan fingerprint density at radius 1 is 1.17 bits per heavy atom. The lowest BCUT2D eigenvalue weighted by atomic mass is 10.1. The zero-order chi connectivity index (χ0) is 20.2. The van der Waals surface area contributed by atoms with Crippen LogP contribution in [0.25, 0.3) is 22.5 Å². The molecule has 1 aromatic carbocycles. The first kappa shape index (κ1) is 19.6. The van der Waals surface area contributed by atoms with E-state index in [2.05, 4.69) is 27.2 Å². The minimum atomic E-state index is 0.000613. The Hall–Kier alpha value is -2.70. The van der Waals surface area contributed by atoms with E-state index in [9.17, 15) is 4.79 Å². The van der Waals surface area contributed by atoms with Gasteiger partial charge in [0.15, 0.2) is 0 Å². The molecule has 4 rings (SSSR count). The Bertz CT molecular complexity index is 971. The molecule has 3 aromatic rings. The van der Waals surface area contributed by atoms with E-state index in [1.807, 2.05) is 41.0 Å². The van der Waals surface area contributed by atoms with Crippen LogP contribution in [0.5, 0.6) is 0 Å². The van der Waals surface area contributed by atoms with Crippen LogP contribution in [0.4, 0.5) is 0 Å². The molecule has 1 atom stereocenters. The molecule has 150 valence electrons. The predicted molar refractivity (Wildman–Crippen MR) is 115 cm³/mol. The number of benzene rings is 1. The van der Waals surface area contributed by atoms with Crippen molar-refractivity contribution in [3.05, 3.63) is 60.1 Å². The summed E-state index contributed by atoms with van der Waals surface area (Å²) in [4.78, 5) is 23.7. The molecule has 0 saturated carbocycles. The third-order valence-corrected chi connectivity index (χ3v) is 5.46. The second-order valence-electron chi connectivity index (χ2n) is 7.48. The number of halogens is 1. The minimum Gasteiger partial charge on any atom is -0.351 e. The van der Waals surface area contributed by atoms with Crippen LogP contribution in [0.3, 0.4) is 0 Å². The van der Waals surface area contributed by atoms with E-state index >= 15 is 0 Å². The molecule has 0 bridgehead atoms. The molecular weight excluding hydrogens is 386 g/mol. The number of nitrogens with zero attached hydrogens (tertiary/aromatic N) is 4. The third-order valence-electron chi connectivity index (χ3n) is 5.21. The monoisotopic (exact) mass is 409 g/mol. The number of nitrogens with one attached hydrogen (secondary N) is 1. The molecule has 1 N–H and O–H groups in total. The molecule has 1 fully saturated rings. The first-order chi connectivity index (χ1) is 14.1. The summed E-state index contributed by atoms with van der Waals surface area (Å²) in [5.74, 6) is 0.000613. The van der Waals surface area contributed by atoms with Crippen LogP contribution in [0.15, 0.2) is 55.1 Å². The Labute approximate surface area is 175 Å². The fraction of sp³-hybridized carbons (Fsp3) is 0.318. The van der Waals surface area contributed by atoms with Crippen molar-refractivity contribution in [1.82, 2.24) is 24.8 Å². The number of likely N-dealkylation sites (N-methyl/N-ethyl adjacent to an activating group) is 1. The van der Waals surface area contributed by atoms with Crippen molar-refractivity contribution >= 4 is 17.5 Å². The van der Waals surface area contributed by atoms with Crippen LogP contribution in [0, 0.1) is 0 Å². The Morgan fingerprint density at radius 3 is 2.66 bits per heavy atom. The lowest BCUT2D eigenvalue weighted by molar-refractivity contribution is -0.122. The fourth-order valence-electron chi connectivity index (χ4n) is 3.85. The van der Waals surface area contributed by atoms with Crippen molar-refractivity contribution < 1.29 is 4.79 Å². The molecule has 6 nitrogen and oxygen atoms in total. The molecule has 29 heavy (non-hydrogen) atoms. The molecule has 0 spiro atoms. The van der Waals surface area contributed by atoms with Gasteiger partial charge in [0.05, 0.1) is 17.7 Å². The van der Waals surface area contributed by atoms with E-state index in [0.717, 1.165) is 48.4 Å². The molecular formula is C22H24ClN5O. The van der Waals surface area contributed by atoms with Crippen LogP contribution in [0.1, 0.15) is 12.8 Å². The molecule has 3 heterocycles. The molecule has 0 aliphatic carbocycles. The van der Waals surface area contributed by atoms with Crippen molar-refractivity contribution in [1.29, 1.82) is 0 Å². The number of carbonyl (C=O) groups excluding carboxylic acids is 1. The average Bonchev–Trinajstić information content (AvgIpc) is 3.12. The maximum absolute atomic E-state index is 12.8.